The molecule has 1 atom stereocenters. The number of phenolic OH excluding ortho intramolecular Hbond substituents is 1. The summed E-state index contributed by atoms with van der Waals surface area (Å²) in [5.74, 6) is -0.126. The minimum absolute atomic E-state index is 0.0486. The lowest BCUT2D eigenvalue weighted by molar-refractivity contribution is 0.0936. The van der Waals surface area contributed by atoms with Gasteiger partial charge in [-0.25, -0.2) is 0 Å². The van der Waals surface area contributed by atoms with Crippen molar-refractivity contribution in [2.45, 2.75) is 19.4 Å². The fourth-order valence-corrected chi connectivity index (χ4v) is 2.09. The van der Waals surface area contributed by atoms with Gasteiger partial charge in [-0.05, 0) is 25.5 Å². The molecule has 1 aromatic carbocycles. The van der Waals surface area contributed by atoms with Crippen LogP contribution in [0.2, 0.25) is 0 Å². The van der Waals surface area contributed by atoms with E-state index in [-0.39, 0.29) is 23.3 Å². The Balaban J connectivity index is 2.82. The largest absolute Gasteiger partial charge is 0.504 e. The molecule has 4 nitrogen and oxygen atoms in total. The minimum Gasteiger partial charge on any atom is -0.504 e. The molecule has 0 radical (unpaired) electrons. The van der Waals surface area contributed by atoms with Crippen molar-refractivity contribution in [3.63, 3.8) is 0 Å². The Morgan fingerprint density at radius 2 is 2.29 bits per heavy atom. The number of hydrogen-bond acceptors (Lipinski definition) is 3. The van der Waals surface area contributed by atoms with Gasteiger partial charge < -0.3 is 15.2 Å². The number of rotatable bonds is 5. The van der Waals surface area contributed by atoms with Crippen LogP contribution in [0.1, 0.15) is 23.7 Å². The van der Waals surface area contributed by atoms with Crippen molar-refractivity contribution in [2.24, 2.45) is 0 Å². The highest BCUT2D eigenvalue weighted by molar-refractivity contribution is 9.09. The number of benzene rings is 1. The van der Waals surface area contributed by atoms with Crippen LogP contribution in [0.4, 0.5) is 0 Å². The van der Waals surface area contributed by atoms with Crippen molar-refractivity contribution in [1.29, 1.82) is 0 Å². The zero-order valence-electron chi connectivity index (χ0n) is 9.87. The second kappa shape index (κ2) is 6.49. The predicted octanol–water partition coefficient (Wildman–Crippen LogP) is 2.30. The van der Waals surface area contributed by atoms with Gasteiger partial charge >= 0.3 is 0 Å². The van der Waals surface area contributed by atoms with Gasteiger partial charge in [-0.3, -0.25) is 4.79 Å². The van der Waals surface area contributed by atoms with Gasteiger partial charge in [0.2, 0.25) is 0 Å². The first-order chi connectivity index (χ1) is 8.10. The van der Waals surface area contributed by atoms with Crippen LogP contribution in [0.3, 0.4) is 0 Å². The summed E-state index contributed by atoms with van der Waals surface area (Å²) in [5.41, 5.74) is 0.228. The van der Waals surface area contributed by atoms with Crippen LogP contribution in [-0.4, -0.2) is 29.5 Å². The van der Waals surface area contributed by atoms with E-state index in [0.717, 1.165) is 11.8 Å². The second-order valence-corrected chi connectivity index (χ2v) is 4.50. The Morgan fingerprint density at radius 1 is 1.59 bits per heavy atom. The highest BCUT2D eigenvalue weighted by Gasteiger charge is 2.16. The monoisotopic (exact) mass is 301 g/mol. The minimum atomic E-state index is -0.296. The summed E-state index contributed by atoms with van der Waals surface area (Å²) < 4.78 is 4.95. The van der Waals surface area contributed by atoms with Crippen LogP contribution in [0.25, 0.3) is 0 Å². The van der Waals surface area contributed by atoms with Crippen molar-refractivity contribution >= 4 is 21.8 Å². The molecule has 0 fully saturated rings. The molecule has 2 N–H and O–H groups in total. The van der Waals surface area contributed by atoms with Crippen LogP contribution < -0.4 is 10.1 Å². The molecule has 1 rings (SSSR count). The van der Waals surface area contributed by atoms with Gasteiger partial charge in [0, 0.05) is 11.4 Å². The molecule has 0 bridgehead atoms. The van der Waals surface area contributed by atoms with E-state index >= 15 is 0 Å². The van der Waals surface area contributed by atoms with Crippen molar-refractivity contribution in [3.8, 4) is 11.5 Å². The molecule has 17 heavy (non-hydrogen) atoms. The summed E-state index contributed by atoms with van der Waals surface area (Å²) in [6.45, 7) is 1.91. The summed E-state index contributed by atoms with van der Waals surface area (Å²) in [6, 6.07) is 4.89. The number of carbonyl (C=O) groups excluding carboxylic acids is 1. The second-order valence-electron chi connectivity index (χ2n) is 3.71. The normalized spacial score (nSPS) is 11.9. The van der Waals surface area contributed by atoms with Crippen molar-refractivity contribution in [3.05, 3.63) is 23.8 Å². The lowest BCUT2D eigenvalue weighted by Crippen LogP contribution is -2.32. The van der Waals surface area contributed by atoms with Crippen LogP contribution in [-0.2, 0) is 0 Å². The van der Waals surface area contributed by atoms with E-state index in [9.17, 15) is 9.90 Å². The summed E-state index contributed by atoms with van der Waals surface area (Å²) in [7, 11) is 1.45. The number of alkyl halides is 1. The van der Waals surface area contributed by atoms with E-state index in [2.05, 4.69) is 21.2 Å². The van der Waals surface area contributed by atoms with Gasteiger partial charge in [0.1, 0.15) is 0 Å². The van der Waals surface area contributed by atoms with E-state index in [0.29, 0.717) is 5.75 Å². The summed E-state index contributed by atoms with van der Waals surface area (Å²) in [5, 5.41) is 13.4. The number of hydrogen-bond donors (Lipinski definition) is 2. The average molecular weight is 302 g/mol. The Kier molecular flexibility index (Phi) is 5.28. The smallest absolute Gasteiger partial charge is 0.255 e. The third-order valence-electron chi connectivity index (χ3n) is 2.38. The first-order valence-electron chi connectivity index (χ1n) is 5.33. The Morgan fingerprint density at radius 3 is 2.88 bits per heavy atom. The molecule has 0 heterocycles. The van der Waals surface area contributed by atoms with Crippen LogP contribution in [0.15, 0.2) is 18.2 Å². The molecule has 5 heteroatoms. The fourth-order valence-electron chi connectivity index (χ4n) is 1.41. The van der Waals surface area contributed by atoms with E-state index in [1.165, 1.54) is 7.11 Å². The number of amides is 1. The summed E-state index contributed by atoms with van der Waals surface area (Å²) >= 11 is 3.31. The maximum absolute atomic E-state index is 11.9. The number of phenols is 1. The van der Waals surface area contributed by atoms with Gasteiger partial charge in [-0.1, -0.05) is 22.0 Å². The molecule has 94 valence electrons. The van der Waals surface area contributed by atoms with E-state index < -0.39 is 0 Å². The standard InChI is InChI=1S/C12H16BrNO3/c1-8(6-7-13)14-12(16)9-4-3-5-10(17-2)11(9)15/h3-5,8,15H,6-7H2,1-2H3,(H,14,16). The van der Waals surface area contributed by atoms with Gasteiger partial charge in [-0.15, -0.1) is 0 Å². The molecule has 0 saturated heterocycles. The number of carbonyl (C=O) groups is 1. The van der Waals surface area contributed by atoms with Gasteiger partial charge in [0.05, 0.1) is 12.7 Å². The molecule has 0 saturated carbocycles. The van der Waals surface area contributed by atoms with Gasteiger partial charge in [0.25, 0.3) is 5.91 Å². The topological polar surface area (TPSA) is 58.6 Å². The average Bonchev–Trinajstić information content (AvgIpc) is 2.29. The highest BCUT2D eigenvalue weighted by Crippen LogP contribution is 2.29. The molecule has 0 aromatic heterocycles. The molecule has 0 aliphatic carbocycles. The highest BCUT2D eigenvalue weighted by atomic mass is 79.9. The number of ether oxygens (including phenoxy) is 1. The van der Waals surface area contributed by atoms with E-state index in [1.54, 1.807) is 18.2 Å². The SMILES string of the molecule is COc1cccc(C(=O)NC(C)CCBr)c1O. The van der Waals surface area contributed by atoms with Gasteiger partial charge in [0.15, 0.2) is 11.5 Å². The fraction of sp³-hybridized carbons (Fsp3) is 0.417. The third-order valence-corrected chi connectivity index (χ3v) is 2.84. The van der Waals surface area contributed by atoms with Crippen molar-refractivity contribution in [2.75, 3.05) is 12.4 Å². The molecule has 1 aromatic rings. The lowest BCUT2D eigenvalue weighted by atomic mass is 10.1. The molecule has 1 unspecified atom stereocenters. The molecule has 0 spiro atoms. The zero-order valence-corrected chi connectivity index (χ0v) is 11.5. The van der Waals surface area contributed by atoms with Crippen molar-refractivity contribution < 1.29 is 14.6 Å². The van der Waals surface area contributed by atoms with Crippen LogP contribution in [0.5, 0.6) is 11.5 Å². The number of aromatic hydroxyl groups is 1. The Bertz CT molecular complexity index is 395. The molecular weight excluding hydrogens is 286 g/mol. The summed E-state index contributed by atoms with van der Waals surface area (Å²) in [6.07, 6.45) is 0.830. The first kappa shape index (κ1) is 13.8. The quantitative estimate of drug-likeness (QED) is 0.821. The Hall–Kier alpha value is -1.23. The number of halogens is 1. The van der Waals surface area contributed by atoms with Crippen LogP contribution in [0, 0.1) is 0 Å². The summed E-state index contributed by atoms with van der Waals surface area (Å²) in [4.78, 5) is 11.9. The van der Waals surface area contributed by atoms with E-state index in [4.69, 9.17) is 4.74 Å². The lowest BCUT2D eigenvalue weighted by Gasteiger charge is -2.14. The molecule has 1 amide bonds. The zero-order chi connectivity index (χ0) is 12.8. The molecule has 0 aliphatic rings. The van der Waals surface area contributed by atoms with E-state index in [1.807, 2.05) is 6.92 Å². The van der Waals surface area contributed by atoms with Gasteiger partial charge in [-0.2, -0.15) is 0 Å². The van der Waals surface area contributed by atoms with Crippen LogP contribution >= 0.6 is 15.9 Å². The number of para-hydroxylation sites is 1. The number of methoxy groups -OCH3 is 1. The molecule has 0 aliphatic heterocycles. The number of nitrogens with one attached hydrogen (secondary N) is 1. The Labute approximate surface area is 109 Å². The third kappa shape index (κ3) is 3.63. The molecular formula is C12H16BrNO3. The van der Waals surface area contributed by atoms with Crippen molar-refractivity contribution in [1.82, 2.24) is 5.32 Å². The maximum atomic E-state index is 11.9. The predicted molar refractivity (Wildman–Crippen MR) is 70.0 cm³/mol. The first-order valence-corrected chi connectivity index (χ1v) is 6.45. The maximum Gasteiger partial charge on any atom is 0.255 e.